The molecule has 0 aliphatic carbocycles. The summed E-state index contributed by atoms with van der Waals surface area (Å²) < 4.78 is 0. The van der Waals surface area contributed by atoms with E-state index in [2.05, 4.69) is 33.0 Å². The van der Waals surface area contributed by atoms with Gasteiger partial charge in [0, 0.05) is 12.5 Å². The lowest BCUT2D eigenvalue weighted by molar-refractivity contribution is -0.122. The average Bonchev–Trinajstić information content (AvgIpc) is 2.32. The van der Waals surface area contributed by atoms with Gasteiger partial charge in [0.05, 0.1) is 0 Å². The molecule has 0 aliphatic rings. The minimum Gasteiger partial charge on any atom is -0.353 e. The topological polar surface area (TPSA) is 29.1 Å². The highest BCUT2D eigenvalue weighted by atomic mass is 16.1. The van der Waals surface area contributed by atoms with E-state index in [1.165, 1.54) is 19.3 Å². The monoisotopic (exact) mass is 241 g/mol. The number of amides is 1. The lowest BCUT2D eigenvalue weighted by Crippen LogP contribution is -2.41. The van der Waals surface area contributed by atoms with Crippen molar-refractivity contribution in [2.24, 2.45) is 11.8 Å². The predicted octanol–water partition coefficient (Wildman–Crippen LogP) is 4.14. The Morgan fingerprint density at radius 1 is 1.12 bits per heavy atom. The molecule has 0 spiro atoms. The standard InChI is InChI=1S/C15H31NO/c1-6-9-11-12(4)13(5)14(8-3)16-15(17)10-7-2/h12-14H,6-11H2,1-5H3,(H,16,17). The van der Waals surface area contributed by atoms with Crippen molar-refractivity contribution in [3.63, 3.8) is 0 Å². The van der Waals surface area contributed by atoms with Crippen LogP contribution in [0.1, 0.15) is 73.1 Å². The highest BCUT2D eigenvalue weighted by Crippen LogP contribution is 2.22. The maximum absolute atomic E-state index is 11.6. The van der Waals surface area contributed by atoms with Gasteiger partial charge >= 0.3 is 0 Å². The second-order valence-electron chi connectivity index (χ2n) is 5.31. The minimum atomic E-state index is 0.217. The molecule has 0 saturated heterocycles. The van der Waals surface area contributed by atoms with Gasteiger partial charge in [-0.3, -0.25) is 4.79 Å². The Kier molecular flexibility index (Phi) is 9.20. The van der Waals surface area contributed by atoms with Gasteiger partial charge in [-0.2, -0.15) is 0 Å². The van der Waals surface area contributed by atoms with Gasteiger partial charge in [0.2, 0.25) is 5.91 Å². The number of hydrogen-bond acceptors (Lipinski definition) is 1. The summed E-state index contributed by atoms with van der Waals surface area (Å²) in [7, 11) is 0. The molecule has 3 atom stereocenters. The van der Waals surface area contributed by atoms with E-state index in [4.69, 9.17) is 0 Å². The van der Waals surface area contributed by atoms with Crippen LogP contribution < -0.4 is 5.32 Å². The first-order chi connectivity index (χ1) is 8.06. The lowest BCUT2D eigenvalue weighted by atomic mass is 9.84. The number of carbonyl (C=O) groups is 1. The first-order valence-electron chi connectivity index (χ1n) is 7.36. The molecular formula is C15H31NO. The Hall–Kier alpha value is -0.530. The summed E-state index contributed by atoms with van der Waals surface area (Å²) in [5.74, 6) is 1.49. The van der Waals surface area contributed by atoms with Crippen LogP contribution in [-0.4, -0.2) is 11.9 Å². The van der Waals surface area contributed by atoms with Gasteiger partial charge in [0.1, 0.15) is 0 Å². The van der Waals surface area contributed by atoms with Crippen LogP contribution in [0.25, 0.3) is 0 Å². The fraction of sp³-hybridized carbons (Fsp3) is 0.933. The molecular weight excluding hydrogens is 210 g/mol. The molecule has 0 saturated carbocycles. The zero-order chi connectivity index (χ0) is 13.3. The number of nitrogens with one attached hydrogen (secondary N) is 1. The van der Waals surface area contributed by atoms with Gasteiger partial charge < -0.3 is 5.32 Å². The van der Waals surface area contributed by atoms with Crippen LogP contribution in [-0.2, 0) is 4.79 Å². The maximum Gasteiger partial charge on any atom is 0.220 e. The smallest absolute Gasteiger partial charge is 0.220 e. The SMILES string of the molecule is CCCCC(C)C(C)C(CC)NC(=O)CCC. The Balaban J connectivity index is 4.18. The number of hydrogen-bond donors (Lipinski definition) is 1. The zero-order valence-electron chi connectivity index (χ0n) is 12.4. The molecule has 102 valence electrons. The van der Waals surface area contributed by atoms with Crippen molar-refractivity contribution >= 4 is 5.91 Å². The van der Waals surface area contributed by atoms with Crippen LogP contribution in [0.15, 0.2) is 0 Å². The summed E-state index contributed by atoms with van der Waals surface area (Å²) in [4.78, 5) is 11.6. The Bertz CT molecular complexity index is 203. The third kappa shape index (κ3) is 6.70. The first-order valence-corrected chi connectivity index (χ1v) is 7.36. The van der Waals surface area contributed by atoms with E-state index in [0.29, 0.717) is 24.3 Å². The molecule has 0 aromatic heterocycles. The van der Waals surface area contributed by atoms with E-state index in [-0.39, 0.29) is 5.91 Å². The molecule has 2 heteroatoms. The van der Waals surface area contributed by atoms with Gasteiger partial charge in [-0.05, 0) is 24.7 Å². The number of unbranched alkanes of at least 4 members (excludes halogenated alkanes) is 1. The molecule has 0 heterocycles. The van der Waals surface area contributed by atoms with Crippen LogP contribution in [0.4, 0.5) is 0 Å². The van der Waals surface area contributed by atoms with Gasteiger partial charge in [-0.25, -0.2) is 0 Å². The Labute approximate surface area is 108 Å². The van der Waals surface area contributed by atoms with Crippen molar-refractivity contribution in [3.8, 4) is 0 Å². The molecule has 0 aromatic rings. The summed E-state index contributed by atoms with van der Waals surface area (Å²) in [6, 6.07) is 0.348. The van der Waals surface area contributed by atoms with Crippen molar-refractivity contribution in [2.45, 2.75) is 79.2 Å². The molecule has 1 N–H and O–H groups in total. The fourth-order valence-corrected chi connectivity index (χ4v) is 2.30. The molecule has 17 heavy (non-hydrogen) atoms. The Morgan fingerprint density at radius 2 is 1.76 bits per heavy atom. The molecule has 0 radical (unpaired) electrons. The van der Waals surface area contributed by atoms with Crippen LogP contribution in [0.5, 0.6) is 0 Å². The number of rotatable bonds is 9. The maximum atomic E-state index is 11.6. The van der Waals surface area contributed by atoms with Crippen LogP contribution in [0.3, 0.4) is 0 Å². The fourth-order valence-electron chi connectivity index (χ4n) is 2.30. The third-order valence-corrected chi connectivity index (χ3v) is 3.81. The molecule has 0 bridgehead atoms. The lowest BCUT2D eigenvalue weighted by Gasteiger charge is -2.29. The van der Waals surface area contributed by atoms with Crippen LogP contribution in [0.2, 0.25) is 0 Å². The van der Waals surface area contributed by atoms with Gasteiger partial charge in [-0.15, -0.1) is 0 Å². The highest BCUT2D eigenvalue weighted by molar-refractivity contribution is 5.76. The summed E-state index contributed by atoms with van der Waals surface area (Å²) in [6.07, 6.45) is 6.46. The van der Waals surface area contributed by atoms with Crippen molar-refractivity contribution in [2.75, 3.05) is 0 Å². The van der Waals surface area contributed by atoms with Crippen LogP contribution in [0, 0.1) is 11.8 Å². The second-order valence-corrected chi connectivity index (χ2v) is 5.31. The summed E-state index contributed by atoms with van der Waals surface area (Å²) >= 11 is 0. The summed E-state index contributed by atoms with van der Waals surface area (Å²) in [6.45, 7) is 11.0. The normalized spacial score (nSPS) is 16.3. The van der Waals surface area contributed by atoms with Crippen molar-refractivity contribution < 1.29 is 4.79 Å². The van der Waals surface area contributed by atoms with E-state index in [0.717, 1.165) is 12.8 Å². The van der Waals surface area contributed by atoms with E-state index in [9.17, 15) is 4.79 Å². The first kappa shape index (κ1) is 16.5. The molecule has 0 rings (SSSR count). The molecule has 0 aromatic carbocycles. The van der Waals surface area contributed by atoms with Gasteiger partial charge in [-0.1, -0.05) is 53.9 Å². The van der Waals surface area contributed by atoms with E-state index in [1.54, 1.807) is 0 Å². The van der Waals surface area contributed by atoms with Gasteiger partial charge in [0.25, 0.3) is 0 Å². The zero-order valence-corrected chi connectivity index (χ0v) is 12.4. The van der Waals surface area contributed by atoms with Crippen LogP contribution >= 0.6 is 0 Å². The summed E-state index contributed by atoms with van der Waals surface area (Å²) in [5, 5.41) is 3.19. The molecule has 2 nitrogen and oxygen atoms in total. The van der Waals surface area contributed by atoms with Crippen molar-refractivity contribution in [1.29, 1.82) is 0 Å². The van der Waals surface area contributed by atoms with E-state index in [1.807, 2.05) is 6.92 Å². The van der Waals surface area contributed by atoms with E-state index < -0.39 is 0 Å². The molecule has 0 aliphatic heterocycles. The molecule has 0 fully saturated rings. The number of carbonyl (C=O) groups excluding carboxylic acids is 1. The van der Waals surface area contributed by atoms with Gasteiger partial charge in [0.15, 0.2) is 0 Å². The van der Waals surface area contributed by atoms with E-state index >= 15 is 0 Å². The quantitative estimate of drug-likeness (QED) is 0.645. The largest absolute Gasteiger partial charge is 0.353 e. The molecule has 1 amide bonds. The van der Waals surface area contributed by atoms with Crippen molar-refractivity contribution in [1.82, 2.24) is 5.32 Å². The Morgan fingerprint density at radius 3 is 2.24 bits per heavy atom. The highest BCUT2D eigenvalue weighted by Gasteiger charge is 2.22. The molecule has 3 unspecified atom stereocenters. The second kappa shape index (κ2) is 9.49. The summed E-state index contributed by atoms with van der Waals surface area (Å²) in [5.41, 5.74) is 0. The third-order valence-electron chi connectivity index (χ3n) is 3.81. The predicted molar refractivity (Wildman–Crippen MR) is 75.0 cm³/mol. The minimum absolute atomic E-state index is 0.217. The average molecular weight is 241 g/mol. The van der Waals surface area contributed by atoms with Crippen molar-refractivity contribution in [3.05, 3.63) is 0 Å².